The molecule has 0 radical (unpaired) electrons. The monoisotopic (exact) mass is 430 g/mol. The summed E-state index contributed by atoms with van der Waals surface area (Å²) in [4.78, 5) is 13.1. The molecule has 0 fully saturated rings. The first-order valence-electron chi connectivity index (χ1n) is 10.6. The van der Waals surface area contributed by atoms with Crippen molar-refractivity contribution in [2.75, 3.05) is 0 Å². The largest absolute Gasteiger partial charge is 0.485 e. The highest BCUT2D eigenvalue weighted by molar-refractivity contribution is 5.46. The van der Waals surface area contributed by atoms with Crippen LogP contribution in [-0.2, 0) is 11.3 Å². The van der Waals surface area contributed by atoms with Gasteiger partial charge in [0.15, 0.2) is 0 Å². The second kappa shape index (κ2) is 8.62. The topological polar surface area (TPSA) is 84.5 Å². The van der Waals surface area contributed by atoms with E-state index in [2.05, 4.69) is 6.07 Å². The van der Waals surface area contributed by atoms with E-state index in [1.807, 2.05) is 43.3 Å². The predicted octanol–water partition coefficient (Wildman–Crippen LogP) is 4.12. The maximum atomic E-state index is 13.1. The summed E-state index contributed by atoms with van der Waals surface area (Å²) < 4.78 is 13.4. The molecule has 0 spiro atoms. The average Bonchev–Trinajstić information content (AvgIpc) is 2.79. The zero-order valence-electron chi connectivity index (χ0n) is 18.4. The minimum absolute atomic E-state index is 0.257. The van der Waals surface area contributed by atoms with Crippen LogP contribution in [0.4, 0.5) is 0 Å². The van der Waals surface area contributed by atoms with Crippen LogP contribution in [0.3, 0.4) is 0 Å². The minimum Gasteiger partial charge on any atom is -0.485 e. The van der Waals surface area contributed by atoms with Crippen molar-refractivity contribution in [1.82, 2.24) is 4.57 Å². The molecule has 2 heterocycles. The van der Waals surface area contributed by atoms with Gasteiger partial charge in [-0.15, -0.1) is 0 Å². The molecule has 1 aliphatic heterocycles. The molecule has 0 aliphatic carbocycles. The molecule has 2 aromatic carbocycles. The van der Waals surface area contributed by atoms with Gasteiger partial charge in [0.25, 0.3) is 5.56 Å². The van der Waals surface area contributed by atoms with Crippen molar-refractivity contribution in [3.63, 3.8) is 0 Å². The van der Waals surface area contributed by atoms with E-state index in [-0.39, 0.29) is 11.7 Å². The Morgan fingerprint density at radius 1 is 1.19 bits per heavy atom. The maximum absolute atomic E-state index is 13.1. The number of hydrogen-bond donors (Lipinski definition) is 1. The highest BCUT2D eigenvalue weighted by Gasteiger charge is 2.44. The number of aromatic nitrogens is 1. The molecule has 6 heteroatoms. The van der Waals surface area contributed by atoms with Crippen molar-refractivity contribution in [1.29, 1.82) is 5.26 Å². The predicted molar refractivity (Wildman–Crippen MR) is 120 cm³/mol. The van der Waals surface area contributed by atoms with Crippen molar-refractivity contribution in [3.05, 3.63) is 99.5 Å². The molecule has 0 amide bonds. The first-order chi connectivity index (χ1) is 15.3. The molecule has 0 bridgehead atoms. The normalized spacial score (nSPS) is 20.0. The van der Waals surface area contributed by atoms with E-state index >= 15 is 0 Å². The number of hydrogen-bond acceptors (Lipinski definition) is 5. The number of pyridine rings is 1. The van der Waals surface area contributed by atoms with Gasteiger partial charge in [-0.3, -0.25) is 4.79 Å². The lowest BCUT2D eigenvalue weighted by Crippen LogP contribution is -2.52. The van der Waals surface area contributed by atoms with Crippen molar-refractivity contribution in [3.8, 4) is 11.8 Å². The molecule has 0 saturated carbocycles. The fourth-order valence-electron chi connectivity index (χ4n) is 4.02. The van der Waals surface area contributed by atoms with Crippen LogP contribution in [0, 0.1) is 11.3 Å². The number of nitriles is 1. The van der Waals surface area contributed by atoms with Crippen LogP contribution in [0.25, 0.3) is 0 Å². The third-order valence-electron chi connectivity index (χ3n) is 5.93. The summed E-state index contributed by atoms with van der Waals surface area (Å²) in [6, 6.07) is 19.7. The third-order valence-corrected chi connectivity index (χ3v) is 5.93. The van der Waals surface area contributed by atoms with Crippen molar-refractivity contribution in [2.24, 2.45) is 0 Å². The number of aliphatic hydroxyl groups is 1. The molecule has 0 saturated heterocycles. The summed E-state index contributed by atoms with van der Waals surface area (Å²) in [5.41, 5.74) is 1.71. The number of benzene rings is 2. The lowest BCUT2D eigenvalue weighted by Gasteiger charge is -2.42. The summed E-state index contributed by atoms with van der Waals surface area (Å²) in [5.74, 6) is 0.555. The second-order valence-electron chi connectivity index (χ2n) is 8.60. The third kappa shape index (κ3) is 4.18. The molecule has 1 aromatic heterocycles. The van der Waals surface area contributed by atoms with Gasteiger partial charge in [-0.25, -0.2) is 0 Å². The number of fused-ring (bicyclic) bond motifs is 1. The number of aliphatic hydroxyl groups excluding tert-OH is 1. The Balaban J connectivity index is 1.65. The number of nitrogens with zero attached hydrogens (tertiary/aromatic N) is 2. The summed E-state index contributed by atoms with van der Waals surface area (Å²) in [6.45, 7) is 5.92. The van der Waals surface area contributed by atoms with E-state index in [0.29, 0.717) is 23.5 Å². The Kier molecular flexibility index (Phi) is 5.88. The van der Waals surface area contributed by atoms with E-state index in [0.717, 1.165) is 11.1 Å². The highest BCUT2D eigenvalue weighted by atomic mass is 16.5. The average molecular weight is 431 g/mol. The Morgan fingerprint density at radius 2 is 1.94 bits per heavy atom. The number of rotatable bonds is 5. The summed E-state index contributed by atoms with van der Waals surface area (Å²) in [6.07, 6.45) is 0.420. The van der Waals surface area contributed by atoms with Crippen LogP contribution in [0.5, 0.6) is 5.75 Å². The van der Waals surface area contributed by atoms with Crippen LogP contribution in [0.15, 0.2) is 71.7 Å². The molecule has 3 aromatic rings. The van der Waals surface area contributed by atoms with Crippen molar-refractivity contribution < 1.29 is 14.6 Å². The molecule has 4 rings (SSSR count). The van der Waals surface area contributed by atoms with Crippen LogP contribution in [0.1, 0.15) is 55.2 Å². The first kappa shape index (κ1) is 21.8. The van der Waals surface area contributed by atoms with Crippen molar-refractivity contribution in [2.45, 2.75) is 51.2 Å². The second-order valence-corrected chi connectivity index (χ2v) is 8.60. The van der Waals surface area contributed by atoms with Crippen molar-refractivity contribution >= 4 is 0 Å². The van der Waals surface area contributed by atoms with Gasteiger partial charge in [0.05, 0.1) is 30.4 Å². The van der Waals surface area contributed by atoms with Gasteiger partial charge in [-0.05, 0) is 56.2 Å². The Hall–Kier alpha value is -3.40. The molecular formula is C26H26N2O4. The molecule has 6 nitrogen and oxygen atoms in total. The molecule has 164 valence electrons. The fourth-order valence-corrected chi connectivity index (χ4v) is 4.02. The van der Waals surface area contributed by atoms with E-state index in [4.69, 9.17) is 9.47 Å². The van der Waals surface area contributed by atoms with E-state index in [9.17, 15) is 15.2 Å². The molecule has 3 unspecified atom stereocenters. The van der Waals surface area contributed by atoms with E-state index in [1.54, 1.807) is 44.3 Å². The molecule has 1 aliphatic rings. The van der Waals surface area contributed by atoms with Gasteiger partial charge in [-0.1, -0.05) is 30.3 Å². The number of ether oxygens (including phenoxy) is 2. The van der Waals surface area contributed by atoms with Gasteiger partial charge in [0, 0.05) is 17.8 Å². The molecule has 3 atom stereocenters. The quantitative estimate of drug-likeness (QED) is 0.658. The Bertz CT molecular complexity index is 1210. The van der Waals surface area contributed by atoms with Gasteiger partial charge in [-0.2, -0.15) is 5.26 Å². The summed E-state index contributed by atoms with van der Waals surface area (Å²) >= 11 is 0. The maximum Gasteiger partial charge on any atom is 0.251 e. The molecule has 32 heavy (non-hydrogen) atoms. The lowest BCUT2D eigenvalue weighted by atomic mass is 9.85. The first-order valence-corrected chi connectivity index (χ1v) is 10.6. The van der Waals surface area contributed by atoms with E-state index < -0.39 is 17.7 Å². The summed E-state index contributed by atoms with van der Waals surface area (Å²) in [5, 5.41) is 20.4. The Morgan fingerprint density at radius 3 is 2.62 bits per heavy atom. The van der Waals surface area contributed by atoms with Gasteiger partial charge in [0.2, 0.25) is 0 Å². The lowest BCUT2D eigenvalue weighted by molar-refractivity contribution is -0.0643. The summed E-state index contributed by atoms with van der Waals surface area (Å²) in [7, 11) is 0. The van der Waals surface area contributed by atoms with E-state index in [1.165, 1.54) is 4.57 Å². The SMILES string of the molecule is CC(OCc1ccccc1)c1ccn(C2c3cc(C#N)ccc3OC(C)(C)C2O)c(=O)c1. The Labute approximate surface area is 187 Å². The van der Waals surface area contributed by atoms with Crippen LogP contribution >= 0.6 is 0 Å². The van der Waals surface area contributed by atoms with Gasteiger partial charge < -0.3 is 19.1 Å². The molecule has 1 N–H and O–H groups in total. The minimum atomic E-state index is -0.987. The van der Waals surface area contributed by atoms with Crippen LogP contribution in [0.2, 0.25) is 0 Å². The zero-order valence-corrected chi connectivity index (χ0v) is 18.4. The standard InChI is InChI=1S/C26H26N2O4/c1-17(31-16-18-7-5-4-6-8-18)20-11-12-28(23(29)14-20)24-21-13-19(15-27)9-10-22(21)32-26(2,3)25(24)30/h4-14,17,24-25,30H,16H2,1-3H3. The fraction of sp³-hybridized carbons (Fsp3) is 0.308. The zero-order chi connectivity index (χ0) is 22.9. The highest BCUT2D eigenvalue weighted by Crippen LogP contribution is 2.41. The smallest absolute Gasteiger partial charge is 0.251 e. The van der Waals surface area contributed by atoms with Crippen LogP contribution < -0.4 is 10.3 Å². The molecular weight excluding hydrogens is 404 g/mol. The van der Waals surface area contributed by atoms with Gasteiger partial charge >= 0.3 is 0 Å². The van der Waals surface area contributed by atoms with Crippen LogP contribution in [-0.4, -0.2) is 21.4 Å². The van der Waals surface area contributed by atoms with Gasteiger partial charge in [0.1, 0.15) is 17.5 Å².